The first-order valence-electron chi connectivity index (χ1n) is 8.46. The summed E-state index contributed by atoms with van der Waals surface area (Å²) in [4.78, 5) is 17.2. The third-order valence-electron chi connectivity index (χ3n) is 4.33. The lowest BCUT2D eigenvalue weighted by atomic mass is 10.2. The summed E-state index contributed by atoms with van der Waals surface area (Å²) >= 11 is 0. The fourth-order valence-corrected chi connectivity index (χ4v) is 4.24. The van der Waals surface area contributed by atoms with Crippen LogP contribution in [0, 0.1) is 0 Å². The number of pyridine rings is 1. The molecule has 0 unspecified atom stereocenters. The maximum Gasteiger partial charge on any atom is 0.274 e. The lowest BCUT2D eigenvalue weighted by Crippen LogP contribution is -2.24. The van der Waals surface area contributed by atoms with Crippen LogP contribution in [-0.2, 0) is 16.4 Å². The van der Waals surface area contributed by atoms with Gasteiger partial charge in [-0.15, -0.1) is 0 Å². The van der Waals surface area contributed by atoms with E-state index in [-0.39, 0.29) is 21.9 Å². The molecule has 2 aromatic carbocycles. The minimum absolute atomic E-state index is 0.114. The summed E-state index contributed by atoms with van der Waals surface area (Å²) in [6.07, 6.45) is 1.48. The molecule has 0 radical (unpaired) electrons. The van der Waals surface area contributed by atoms with Crippen LogP contribution < -0.4 is 11.3 Å². The lowest BCUT2D eigenvalue weighted by Gasteiger charge is -2.08. The Hall–Kier alpha value is -3.52. The molecule has 0 aliphatic carbocycles. The van der Waals surface area contributed by atoms with E-state index in [2.05, 4.69) is 10.1 Å². The van der Waals surface area contributed by atoms with E-state index in [1.54, 1.807) is 36.4 Å². The fraction of sp³-hybridized carbons (Fsp3) is 0.0500. The minimum atomic E-state index is -3.67. The van der Waals surface area contributed by atoms with E-state index in [4.69, 9.17) is 5.73 Å². The van der Waals surface area contributed by atoms with Crippen LogP contribution >= 0.6 is 0 Å². The third-order valence-corrected chi connectivity index (χ3v) is 6.10. The standard InChI is InChI=1S/C20H16N4O3S/c21-19-8-4-5-15(23-19)13-24-20(25)18-10-9-17(11-14(18)12-22-24)28(26,27)16-6-2-1-3-7-16/h1-12H,13H2,(H2,21,23). The van der Waals surface area contributed by atoms with Gasteiger partial charge >= 0.3 is 0 Å². The van der Waals surface area contributed by atoms with Crippen LogP contribution in [0.3, 0.4) is 0 Å². The van der Waals surface area contributed by atoms with E-state index < -0.39 is 9.84 Å². The molecule has 28 heavy (non-hydrogen) atoms. The van der Waals surface area contributed by atoms with E-state index in [1.165, 1.54) is 41.2 Å². The predicted molar refractivity (Wildman–Crippen MR) is 106 cm³/mol. The second kappa shape index (κ2) is 6.90. The molecular weight excluding hydrogens is 376 g/mol. The molecule has 0 aliphatic heterocycles. The molecular formula is C20H16N4O3S. The molecule has 2 N–H and O–H groups in total. The van der Waals surface area contributed by atoms with Crippen LogP contribution in [0.15, 0.2) is 87.5 Å². The summed E-state index contributed by atoms with van der Waals surface area (Å²) in [5, 5.41) is 4.99. The van der Waals surface area contributed by atoms with Gasteiger partial charge in [0.15, 0.2) is 0 Å². The summed E-state index contributed by atoms with van der Waals surface area (Å²) in [5.74, 6) is 0.363. The monoisotopic (exact) mass is 392 g/mol. The maximum atomic E-state index is 12.8. The minimum Gasteiger partial charge on any atom is -0.384 e. The number of hydrogen-bond donors (Lipinski definition) is 1. The molecule has 0 amide bonds. The molecule has 0 atom stereocenters. The van der Waals surface area contributed by atoms with Gasteiger partial charge in [-0.1, -0.05) is 24.3 Å². The number of rotatable bonds is 4. The number of hydrogen-bond acceptors (Lipinski definition) is 6. The Labute approximate surface area is 161 Å². The second-order valence-electron chi connectivity index (χ2n) is 6.23. The van der Waals surface area contributed by atoms with Crippen LogP contribution in [0.1, 0.15) is 5.69 Å². The number of nitrogens with zero attached hydrogens (tertiary/aromatic N) is 3. The molecule has 0 fully saturated rings. The van der Waals surface area contributed by atoms with Crippen LogP contribution in [0.5, 0.6) is 0 Å². The van der Waals surface area contributed by atoms with Crippen molar-refractivity contribution in [2.75, 3.05) is 5.73 Å². The van der Waals surface area contributed by atoms with Gasteiger partial charge in [0.1, 0.15) is 5.82 Å². The van der Waals surface area contributed by atoms with E-state index in [0.717, 1.165) is 0 Å². The molecule has 0 saturated carbocycles. The molecule has 2 heterocycles. The highest BCUT2D eigenvalue weighted by Crippen LogP contribution is 2.23. The van der Waals surface area contributed by atoms with Gasteiger partial charge in [0.25, 0.3) is 5.56 Å². The molecule has 0 spiro atoms. The fourth-order valence-electron chi connectivity index (χ4n) is 2.92. The van der Waals surface area contributed by atoms with E-state index >= 15 is 0 Å². The van der Waals surface area contributed by atoms with Crippen molar-refractivity contribution < 1.29 is 8.42 Å². The summed E-state index contributed by atoms with van der Waals surface area (Å²) < 4.78 is 26.8. The molecule has 7 nitrogen and oxygen atoms in total. The maximum absolute atomic E-state index is 12.8. The Bertz CT molecular complexity index is 1330. The first-order chi connectivity index (χ1) is 13.4. The van der Waals surface area contributed by atoms with Crippen LogP contribution in [-0.4, -0.2) is 23.2 Å². The zero-order valence-electron chi connectivity index (χ0n) is 14.7. The molecule has 2 aromatic heterocycles. The van der Waals surface area contributed by atoms with Gasteiger partial charge in [0, 0.05) is 5.39 Å². The SMILES string of the molecule is Nc1cccc(Cn2ncc3cc(S(=O)(=O)c4ccccc4)ccc3c2=O)n1. The van der Waals surface area contributed by atoms with Gasteiger partial charge in [0.2, 0.25) is 9.84 Å². The quantitative estimate of drug-likeness (QED) is 0.571. The molecule has 8 heteroatoms. The van der Waals surface area contributed by atoms with Crippen molar-refractivity contribution in [3.05, 3.63) is 89.0 Å². The molecule has 0 saturated heterocycles. The Morgan fingerprint density at radius 3 is 2.46 bits per heavy atom. The Kier molecular flexibility index (Phi) is 4.40. The van der Waals surface area contributed by atoms with E-state index in [0.29, 0.717) is 22.3 Å². The highest BCUT2D eigenvalue weighted by Gasteiger charge is 2.18. The first-order valence-corrected chi connectivity index (χ1v) is 9.95. The number of nitrogens with two attached hydrogens (primary N) is 1. The van der Waals surface area contributed by atoms with Gasteiger partial charge in [-0.25, -0.2) is 18.1 Å². The van der Waals surface area contributed by atoms with E-state index in [9.17, 15) is 13.2 Å². The summed E-state index contributed by atoms with van der Waals surface area (Å²) in [7, 11) is -3.67. The van der Waals surface area contributed by atoms with Crippen molar-refractivity contribution in [1.82, 2.24) is 14.8 Å². The highest BCUT2D eigenvalue weighted by atomic mass is 32.2. The van der Waals surface area contributed by atoms with Crippen molar-refractivity contribution >= 4 is 26.4 Å². The normalized spacial score (nSPS) is 11.6. The van der Waals surface area contributed by atoms with Gasteiger partial charge < -0.3 is 5.73 Å². The summed E-state index contributed by atoms with van der Waals surface area (Å²) in [6.45, 7) is 0.171. The van der Waals surface area contributed by atoms with E-state index in [1.807, 2.05) is 0 Å². The van der Waals surface area contributed by atoms with Gasteiger partial charge in [-0.2, -0.15) is 5.10 Å². The van der Waals surface area contributed by atoms with Crippen LogP contribution in [0.25, 0.3) is 10.8 Å². The molecule has 140 valence electrons. The lowest BCUT2D eigenvalue weighted by molar-refractivity contribution is 0.596. The Morgan fingerprint density at radius 2 is 1.71 bits per heavy atom. The first kappa shape index (κ1) is 17.9. The average molecular weight is 392 g/mol. The summed E-state index contributed by atoms with van der Waals surface area (Å²) in [5.41, 5.74) is 5.95. The smallest absolute Gasteiger partial charge is 0.274 e. The van der Waals surface area contributed by atoms with Gasteiger partial charge in [-0.05, 0) is 42.5 Å². The van der Waals surface area contributed by atoms with Crippen molar-refractivity contribution in [2.24, 2.45) is 0 Å². The average Bonchev–Trinajstić information content (AvgIpc) is 2.70. The van der Waals surface area contributed by atoms with Crippen LogP contribution in [0.2, 0.25) is 0 Å². The van der Waals surface area contributed by atoms with Crippen molar-refractivity contribution in [1.29, 1.82) is 0 Å². The highest BCUT2D eigenvalue weighted by molar-refractivity contribution is 7.91. The Balaban J connectivity index is 1.75. The van der Waals surface area contributed by atoms with Gasteiger partial charge in [0.05, 0.1) is 33.6 Å². The number of fused-ring (bicyclic) bond motifs is 1. The zero-order chi connectivity index (χ0) is 19.7. The zero-order valence-corrected chi connectivity index (χ0v) is 15.5. The number of sulfone groups is 1. The number of benzene rings is 2. The second-order valence-corrected chi connectivity index (χ2v) is 8.18. The Morgan fingerprint density at radius 1 is 0.929 bits per heavy atom. The summed E-state index contributed by atoms with van der Waals surface area (Å²) in [6, 6.07) is 17.7. The number of anilines is 1. The van der Waals surface area contributed by atoms with Crippen LogP contribution in [0.4, 0.5) is 5.82 Å². The topological polar surface area (TPSA) is 108 Å². The molecule has 4 rings (SSSR count). The largest absolute Gasteiger partial charge is 0.384 e. The third kappa shape index (κ3) is 3.25. The number of aromatic nitrogens is 3. The van der Waals surface area contributed by atoms with Gasteiger partial charge in [-0.3, -0.25) is 4.79 Å². The predicted octanol–water partition coefficient (Wildman–Crippen LogP) is 2.25. The molecule has 4 aromatic rings. The molecule has 0 bridgehead atoms. The van der Waals surface area contributed by atoms with Crippen molar-refractivity contribution in [2.45, 2.75) is 16.3 Å². The molecule has 0 aliphatic rings. The number of nitrogen functional groups attached to an aromatic ring is 1. The van der Waals surface area contributed by atoms with Crippen molar-refractivity contribution in [3.8, 4) is 0 Å². The van der Waals surface area contributed by atoms with Crippen molar-refractivity contribution in [3.63, 3.8) is 0 Å².